The number of amides is 1. The molecule has 90 valence electrons. The Hall–Kier alpha value is -2.10. The maximum absolute atomic E-state index is 11.9. The minimum atomic E-state index is -0.362. The van der Waals surface area contributed by atoms with Gasteiger partial charge < -0.3 is 10.4 Å². The summed E-state index contributed by atoms with van der Waals surface area (Å²) >= 11 is 0. The molecule has 0 fully saturated rings. The lowest BCUT2D eigenvalue weighted by Gasteiger charge is -2.09. The number of anilines is 1. The van der Waals surface area contributed by atoms with E-state index in [9.17, 15) is 9.90 Å². The van der Waals surface area contributed by atoms with E-state index >= 15 is 0 Å². The summed E-state index contributed by atoms with van der Waals surface area (Å²) in [6.45, 7) is 3.15. The molecule has 0 aliphatic rings. The van der Waals surface area contributed by atoms with Crippen molar-refractivity contribution in [3.63, 3.8) is 0 Å². The molecule has 0 saturated heterocycles. The summed E-state index contributed by atoms with van der Waals surface area (Å²) < 4.78 is 0. The minimum Gasteiger partial charge on any atom is -0.512 e. The molecule has 0 saturated carbocycles. The summed E-state index contributed by atoms with van der Waals surface area (Å²) in [4.78, 5) is 15.9. The highest BCUT2D eigenvalue weighted by Crippen LogP contribution is 2.10. The van der Waals surface area contributed by atoms with Crippen molar-refractivity contribution in [1.82, 2.24) is 0 Å². The molecule has 17 heavy (non-hydrogen) atoms. The monoisotopic (exact) mass is 232 g/mol. The van der Waals surface area contributed by atoms with Crippen molar-refractivity contribution in [3.05, 3.63) is 41.7 Å². The molecular formula is C13H16N2O2. The predicted octanol–water partition coefficient (Wildman–Crippen LogP) is 2.55. The molecule has 1 aromatic carbocycles. The first-order valence-corrected chi connectivity index (χ1v) is 5.26. The number of nitrogens with one attached hydrogen (secondary N) is 1. The molecule has 0 aromatic heterocycles. The Bertz CT molecular complexity index is 458. The molecule has 0 atom stereocenters. The van der Waals surface area contributed by atoms with Gasteiger partial charge in [0.2, 0.25) is 0 Å². The quantitative estimate of drug-likeness (QED) is 0.478. The summed E-state index contributed by atoms with van der Waals surface area (Å²) in [5.74, 6) is -0.402. The lowest BCUT2D eigenvalue weighted by Crippen LogP contribution is -2.20. The van der Waals surface area contributed by atoms with Crippen LogP contribution in [0.3, 0.4) is 0 Å². The standard InChI is InChI=1S/C13H16N2O2/c1-9(14-3)12(10(2)16)13(17)15-11-7-5-4-6-8-11/h4-8,16H,1-3H3,(H,15,17). The van der Waals surface area contributed by atoms with Crippen LogP contribution in [-0.4, -0.2) is 23.8 Å². The summed E-state index contributed by atoms with van der Waals surface area (Å²) in [5, 5.41) is 12.2. The topological polar surface area (TPSA) is 61.7 Å². The van der Waals surface area contributed by atoms with Crippen molar-refractivity contribution in [2.24, 2.45) is 4.99 Å². The Morgan fingerprint density at radius 1 is 1.24 bits per heavy atom. The van der Waals surface area contributed by atoms with Gasteiger partial charge in [0.15, 0.2) is 0 Å². The molecule has 0 bridgehead atoms. The van der Waals surface area contributed by atoms with Gasteiger partial charge in [-0.1, -0.05) is 18.2 Å². The third kappa shape index (κ3) is 3.45. The van der Waals surface area contributed by atoms with Crippen molar-refractivity contribution in [2.75, 3.05) is 12.4 Å². The van der Waals surface area contributed by atoms with Crippen molar-refractivity contribution >= 4 is 17.3 Å². The normalized spacial score (nSPS) is 13.0. The summed E-state index contributed by atoms with van der Waals surface area (Å²) in [6, 6.07) is 9.07. The van der Waals surface area contributed by atoms with Gasteiger partial charge in [-0.3, -0.25) is 9.79 Å². The lowest BCUT2D eigenvalue weighted by molar-refractivity contribution is -0.112. The molecule has 1 aromatic rings. The number of carbonyl (C=O) groups excluding carboxylic acids is 1. The molecular weight excluding hydrogens is 216 g/mol. The lowest BCUT2D eigenvalue weighted by atomic mass is 10.1. The molecule has 0 spiro atoms. The first-order valence-electron chi connectivity index (χ1n) is 5.26. The van der Waals surface area contributed by atoms with Crippen LogP contribution in [0.4, 0.5) is 5.69 Å². The number of hydrogen-bond donors (Lipinski definition) is 2. The van der Waals surface area contributed by atoms with Crippen LogP contribution in [0.15, 0.2) is 46.7 Å². The maximum Gasteiger partial charge on any atom is 0.260 e. The van der Waals surface area contributed by atoms with Crippen LogP contribution in [0.5, 0.6) is 0 Å². The van der Waals surface area contributed by atoms with Crippen LogP contribution in [0.2, 0.25) is 0 Å². The molecule has 0 unspecified atom stereocenters. The minimum absolute atomic E-state index is 0.0402. The van der Waals surface area contributed by atoms with Gasteiger partial charge in [0.1, 0.15) is 5.76 Å². The van der Waals surface area contributed by atoms with Crippen LogP contribution in [0, 0.1) is 0 Å². The van der Waals surface area contributed by atoms with Crippen molar-refractivity contribution in [1.29, 1.82) is 0 Å². The Balaban J connectivity index is 2.93. The third-order valence-corrected chi connectivity index (χ3v) is 2.32. The van der Waals surface area contributed by atoms with Gasteiger partial charge in [0.25, 0.3) is 5.91 Å². The molecule has 0 heterocycles. The molecule has 2 N–H and O–H groups in total. The van der Waals surface area contributed by atoms with E-state index in [1.807, 2.05) is 18.2 Å². The van der Waals surface area contributed by atoms with E-state index in [4.69, 9.17) is 0 Å². The predicted molar refractivity (Wildman–Crippen MR) is 69.4 cm³/mol. The van der Waals surface area contributed by atoms with Crippen LogP contribution in [0.1, 0.15) is 13.8 Å². The zero-order valence-corrected chi connectivity index (χ0v) is 10.2. The summed E-state index contributed by atoms with van der Waals surface area (Å²) in [5.41, 5.74) is 1.38. The summed E-state index contributed by atoms with van der Waals surface area (Å²) in [6.07, 6.45) is 0. The third-order valence-electron chi connectivity index (χ3n) is 2.32. The van der Waals surface area contributed by atoms with E-state index < -0.39 is 0 Å². The number of aliphatic hydroxyl groups is 1. The number of benzene rings is 1. The van der Waals surface area contributed by atoms with Crippen LogP contribution in [0.25, 0.3) is 0 Å². The average molecular weight is 232 g/mol. The first kappa shape index (κ1) is 13.0. The van der Waals surface area contributed by atoms with Crippen LogP contribution >= 0.6 is 0 Å². The molecule has 1 amide bonds. The molecule has 0 aliphatic carbocycles. The van der Waals surface area contributed by atoms with Gasteiger partial charge in [0.05, 0.1) is 5.57 Å². The number of allylic oxidation sites excluding steroid dienone is 1. The first-order chi connectivity index (χ1) is 8.06. The highest BCUT2D eigenvalue weighted by atomic mass is 16.3. The fourth-order valence-corrected chi connectivity index (χ4v) is 1.42. The van der Waals surface area contributed by atoms with Gasteiger partial charge in [0, 0.05) is 18.4 Å². The largest absolute Gasteiger partial charge is 0.512 e. The van der Waals surface area contributed by atoms with Crippen molar-refractivity contribution in [2.45, 2.75) is 13.8 Å². The number of aliphatic hydroxyl groups excluding tert-OH is 1. The summed E-state index contributed by atoms with van der Waals surface area (Å²) in [7, 11) is 1.58. The Morgan fingerprint density at radius 3 is 2.29 bits per heavy atom. The molecule has 0 radical (unpaired) electrons. The van der Waals surface area contributed by atoms with E-state index in [-0.39, 0.29) is 17.2 Å². The molecule has 1 rings (SSSR count). The SMILES string of the molecule is CN=C(C)C(C(=O)Nc1ccccc1)=C(C)O. The highest BCUT2D eigenvalue weighted by molar-refractivity contribution is 6.24. The second-order valence-corrected chi connectivity index (χ2v) is 3.59. The average Bonchev–Trinajstić information content (AvgIpc) is 2.29. The van der Waals surface area contributed by atoms with E-state index in [0.717, 1.165) is 0 Å². The zero-order valence-electron chi connectivity index (χ0n) is 10.2. The number of hydrogen-bond acceptors (Lipinski definition) is 3. The number of rotatable bonds is 3. The van der Waals surface area contributed by atoms with Gasteiger partial charge in [-0.05, 0) is 26.0 Å². The molecule has 0 aliphatic heterocycles. The van der Waals surface area contributed by atoms with Crippen molar-refractivity contribution in [3.8, 4) is 0 Å². The smallest absolute Gasteiger partial charge is 0.260 e. The van der Waals surface area contributed by atoms with Crippen molar-refractivity contribution < 1.29 is 9.90 Å². The Kier molecular flexibility index (Phi) is 4.46. The van der Waals surface area contributed by atoms with E-state index in [1.54, 1.807) is 26.1 Å². The zero-order chi connectivity index (χ0) is 12.8. The van der Waals surface area contributed by atoms with E-state index in [2.05, 4.69) is 10.3 Å². The van der Waals surface area contributed by atoms with Gasteiger partial charge in [-0.25, -0.2) is 0 Å². The highest BCUT2D eigenvalue weighted by Gasteiger charge is 2.15. The Morgan fingerprint density at radius 2 is 1.82 bits per heavy atom. The maximum atomic E-state index is 11.9. The van der Waals surface area contributed by atoms with Crippen LogP contribution < -0.4 is 5.32 Å². The number of para-hydroxylation sites is 1. The number of carbonyl (C=O) groups is 1. The second kappa shape index (κ2) is 5.84. The fraction of sp³-hybridized carbons (Fsp3) is 0.231. The fourth-order valence-electron chi connectivity index (χ4n) is 1.42. The van der Waals surface area contributed by atoms with Crippen LogP contribution in [-0.2, 0) is 4.79 Å². The number of nitrogens with zero attached hydrogens (tertiary/aromatic N) is 1. The molecule has 4 nitrogen and oxygen atoms in total. The molecule has 4 heteroatoms. The van der Waals surface area contributed by atoms with E-state index in [1.165, 1.54) is 6.92 Å². The number of aliphatic imine (C=N–C) groups is 1. The van der Waals surface area contributed by atoms with Gasteiger partial charge in [-0.2, -0.15) is 0 Å². The van der Waals surface area contributed by atoms with Gasteiger partial charge >= 0.3 is 0 Å². The van der Waals surface area contributed by atoms with Gasteiger partial charge in [-0.15, -0.1) is 0 Å². The second-order valence-electron chi connectivity index (χ2n) is 3.59. The van der Waals surface area contributed by atoms with E-state index in [0.29, 0.717) is 11.4 Å². The Labute approximate surface area is 101 Å².